The van der Waals surface area contributed by atoms with Crippen LogP contribution in [0.3, 0.4) is 0 Å². The molecule has 174 valence electrons. The van der Waals surface area contributed by atoms with Crippen molar-refractivity contribution in [2.75, 3.05) is 5.32 Å². The smallest absolute Gasteiger partial charge is 0.353 e. The minimum Gasteiger partial charge on any atom is -0.353 e. The minimum absolute atomic E-state index is 0.0437. The number of aryl methyl sites for hydroxylation is 1. The van der Waals surface area contributed by atoms with Crippen LogP contribution in [0.1, 0.15) is 27.3 Å². The first kappa shape index (κ1) is 24.2. The summed E-state index contributed by atoms with van der Waals surface area (Å²) in [6.45, 7) is 1.18. The van der Waals surface area contributed by atoms with Gasteiger partial charge in [-0.25, -0.2) is 18.2 Å². The third kappa shape index (κ3) is 6.07. The van der Waals surface area contributed by atoms with Crippen molar-refractivity contribution >= 4 is 29.2 Å². The fourth-order valence-corrected chi connectivity index (χ4v) is 2.94. The van der Waals surface area contributed by atoms with Crippen molar-refractivity contribution in [1.82, 2.24) is 10.3 Å². The van der Waals surface area contributed by atoms with E-state index in [0.29, 0.717) is 11.6 Å². The lowest BCUT2D eigenvalue weighted by atomic mass is 10.2. The van der Waals surface area contributed by atoms with E-state index in [1.807, 2.05) is 0 Å². The van der Waals surface area contributed by atoms with E-state index >= 15 is 0 Å². The summed E-state index contributed by atoms with van der Waals surface area (Å²) >= 11 is 5.96. The number of benzene rings is 2. The van der Waals surface area contributed by atoms with Gasteiger partial charge in [-0.3, -0.25) is 10.1 Å². The molecule has 0 saturated carbocycles. The molecule has 3 N–H and O–H groups in total. The number of nitrogens with zero attached hydrogens (tertiary/aromatic N) is 1. The molecule has 0 radical (unpaired) electrons. The monoisotopic (exact) mass is 488 g/mol. The van der Waals surface area contributed by atoms with Crippen molar-refractivity contribution in [2.24, 2.45) is 4.99 Å². The fraction of sp³-hybridized carbons (Fsp3) is 0.143. The van der Waals surface area contributed by atoms with Gasteiger partial charge in [-0.15, -0.1) is 0 Å². The van der Waals surface area contributed by atoms with Crippen LogP contribution in [0.5, 0.6) is 0 Å². The number of nitrogens with one attached hydrogen (secondary N) is 3. The first-order valence-corrected chi connectivity index (χ1v) is 9.60. The van der Waals surface area contributed by atoms with Gasteiger partial charge in [0.05, 0.1) is 12.2 Å². The zero-order chi connectivity index (χ0) is 24.3. The van der Waals surface area contributed by atoms with E-state index in [9.17, 15) is 31.1 Å². The predicted octanol–water partition coefficient (Wildman–Crippen LogP) is 5.81. The average Bonchev–Trinajstić information content (AvgIpc) is 3.10. The molecule has 3 aromatic rings. The van der Waals surface area contributed by atoms with E-state index in [1.54, 1.807) is 0 Å². The lowest BCUT2D eigenvalue weighted by Crippen LogP contribution is -2.36. The van der Waals surface area contributed by atoms with Crippen LogP contribution in [0.15, 0.2) is 47.5 Å². The number of amides is 1. The van der Waals surface area contributed by atoms with Gasteiger partial charge in [-0.2, -0.15) is 13.2 Å². The molecule has 0 fully saturated rings. The molecule has 0 spiro atoms. The number of carbonyl (C=O) groups is 1. The Morgan fingerprint density at radius 2 is 1.79 bits per heavy atom. The molecule has 0 bridgehead atoms. The van der Waals surface area contributed by atoms with Crippen molar-refractivity contribution in [3.63, 3.8) is 0 Å². The summed E-state index contributed by atoms with van der Waals surface area (Å²) in [5.74, 6) is -4.22. The summed E-state index contributed by atoms with van der Waals surface area (Å²) in [5.41, 5.74) is -0.879. The molecule has 1 amide bonds. The number of aromatic amines is 1. The first-order valence-electron chi connectivity index (χ1n) is 9.22. The largest absolute Gasteiger partial charge is 0.431 e. The van der Waals surface area contributed by atoms with Gasteiger partial charge < -0.3 is 10.3 Å². The highest BCUT2D eigenvalue weighted by Crippen LogP contribution is 2.31. The van der Waals surface area contributed by atoms with Gasteiger partial charge in [0.25, 0.3) is 5.91 Å². The maximum absolute atomic E-state index is 13.5. The summed E-state index contributed by atoms with van der Waals surface area (Å²) in [7, 11) is 0. The third-order valence-electron chi connectivity index (χ3n) is 4.41. The zero-order valence-electron chi connectivity index (χ0n) is 16.7. The molecule has 0 aliphatic rings. The Morgan fingerprint density at radius 1 is 1.06 bits per heavy atom. The van der Waals surface area contributed by atoms with Crippen molar-refractivity contribution in [3.05, 3.63) is 87.5 Å². The first-order chi connectivity index (χ1) is 15.4. The lowest BCUT2D eigenvalue weighted by molar-refractivity contribution is -0.140. The molecule has 12 heteroatoms. The number of rotatable bonds is 4. The van der Waals surface area contributed by atoms with Crippen LogP contribution >= 0.6 is 11.6 Å². The number of halogens is 7. The van der Waals surface area contributed by atoms with Crippen molar-refractivity contribution in [3.8, 4) is 0 Å². The maximum atomic E-state index is 13.5. The van der Waals surface area contributed by atoms with Gasteiger partial charge in [-0.05, 0) is 48.9 Å². The molecule has 5 nitrogen and oxygen atoms in total. The van der Waals surface area contributed by atoms with E-state index < -0.39 is 35.2 Å². The van der Waals surface area contributed by atoms with Gasteiger partial charge in [0, 0.05) is 16.3 Å². The molecule has 1 heterocycles. The van der Waals surface area contributed by atoms with Gasteiger partial charge in [0.15, 0.2) is 11.6 Å². The quantitative estimate of drug-likeness (QED) is 0.246. The molecule has 0 aliphatic carbocycles. The number of hydrogen-bond donors (Lipinski definition) is 3. The molecule has 0 aliphatic heterocycles. The standard InChI is InChI=1S/C21H15ClF6N4O/c1-10-17(8-18(30-10)21(26,27)28)31-20(29-9-12-2-4-13(23)7-14(12)22)32-19(33)11-3-5-15(24)16(25)6-11/h2-8,30H,9H2,1H3,(H2,29,31,32,33). The molecule has 3 rings (SSSR count). The molecule has 33 heavy (non-hydrogen) atoms. The Labute approximate surface area is 188 Å². The summed E-state index contributed by atoms with van der Waals surface area (Å²) < 4.78 is 78.9. The number of hydrogen-bond acceptors (Lipinski definition) is 2. The molecule has 2 aromatic carbocycles. The van der Waals surface area contributed by atoms with Crippen LogP contribution < -0.4 is 10.6 Å². The number of alkyl halides is 3. The van der Waals surface area contributed by atoms with E-state index in [0.717, 1.165) is 30.3 Å². The Kier molecular flexibility index (Phi) is 7.01. The van der Waals surface area contributed by atoms with E-state index in [-0.39, 0.29) is 34.5 Å². The number of H-pyrrole nitrogens is 1. The van der Waals surface area contributed by atoms with Crippen LogP contribution in [0, 0.1) is 24.4 Å². The summed E-state index contributed by atoms with van der Waals surface area (Å²) in [6, 6.07) is 6.73. The molecular weight excluding hydrogens is 474 g/mol. The normalized spacial score (nSPS) is 12.1. The number of aliphatic imine (C=N–C) groups is 1. The average molecular weight is 489 g/mol. The molecule has 0 unspecified atom stereocenters. The molecule has 1 aromatic heterocycles. The number of guanidine groups is 1. The van der Waals surface area contributed by atoms with Crippen LogP contribution in [-0.4, -0.2) is 16.9 Å². The van der Waals surface area contributed by atoms with Crippen LogP contribution in [0.2, 0.25) is 5.02 Å². The van der Waals surface area contributed by atoms with Crippen molar-refractivity contribution in [1.29, 1.82) is 0 Å². The zero-order valence-corrected chi connectivity index (χ0v) is 17.5. The van der Waals surface area contributed by atoms with Gasteiger partial charge in [0.1, 0.15) is 11.5 Å². The molecular formula is C21H15ClF6N4O. The van der Waals surface area contributed by atoms with E-state index in [2.05, 4.69) is 20.6 Å². The third-order valence-corrected chi connectivity index (χ3v) is 4.76. The number of carbonyl (C=O) groups excluding carboxylic acids is 1. The highest BCUT2D eigenvalue weighted by atomic mass is 35.5. The number of anilines is 1. The van der Waals surface area contributed by atoms with Crippen LogP contribution in [0.4, 0.5) is 32.0 Å². The van der Waals surface area contributed by atoms with Gasteiger partial charge >= 0.3 is 6.18 Å². The van der Waals surface area contributed by atoms with Gasteiger partial charge in [0.2, 0.25) is 5.96 Å². The number of aromatic nitrogens is 1. The van der Waals surface area contributed by atoms with Crippen molar-refractivity contribution < 1.29 is 31.1 Å². The minimum atomic E-state index is -4.64. The second kappa shape index (κ2) is 9.57. The van der Waals surface area contributed by atoms with Crippen molar-refractivity contribution in [2.45, 2.75) is 19.6 Å². The van der Waals surface area contributed by atoms with E-state index in [4.69, 9.17) is 11.6 Å². The summed E-state index contributed by atoms with van der Waals surface area (Å²) in [6.07, 6.45) is -4.64. The fourth-order valence-electron chi connectivity index (χ4n) is 2.71. The van der Waals surface area contributed by atoms with E-state index in [1.165, 1.54) is 13.0 Å². The van der Waals surface area contributed by atoms with Crippen LogP contribution in [0.25, 0.3) is 0 Å². The topological polar surface area (TPSA) is 69.3 Å². The highest BCUT2D eigenvalue weighted by Gasteiger charge is 2.33. The second-order valence-corrected chi connectivity index (χ2v) is 7.24. The SMILES string of the molecule is Cc1[nH]c(C(F)(F)F)cc1NC(=NCc1ccc(F)cc1Cl)NC(=O)c1ccc(F)c(F)c1. The Bertz CT molecular complexity index is 1220. The Balaban J connectivity index is 1.90. The second-order valence-electron chi connectivity index (χ2n) is 6.83. The van der Waals surface area contributed by atoms with Crippen LogP contribution in [-0.2, 0) is 12.7 Å². The molecule has 0 atom stereocenters. The summed E-state index contributed by atoms with van der Waals surface area (Å²) in [5, 5.41) is 4.92. The predicted molar refractivity (Wildman–Crippen MR) is 111 cm³/mol. The molecule has 0 saturated heterocycles. The highest BCUT2D eigenvalue weighted by molar-refractivity contribution is 6.31. The Morgan fingerprint density at radius 3 is 2.39 bits per heavy atom. The maximum Gasteiger partial charge on any atom is 0.431 e. The lowest BCUT2D eigenvalue weighted by Gasteiger charge is -2.12. The summed E-state index contributed by atoms with van der Waals surface area (Å²) in [4.78, 5) is 18.8. The van der Waals surface area contributed by atoms with Gasteiger partial charge in [-0.1, -0.05) is 17.7 Å². The Hall–Kier alpha value is -3.47.